The Kier molecular flexibility index (Phi) is 12.7. The van der Waals surface area contributed by atoms with E-state index < -0.39 is 20.5 Å². The van der Waals surface area contributed by atoms with E-state index >= 15 is 0 Å². The summed E-state index contributed by atoms with van der Waals surface area (Å²) in [5.74, 6) is 0. The average Bonchev–Trinajstić information content (AvgIpc) is 2.92. The number of sulfonamides is 1. The third-order valence-corrected chi connectivity index (χ3v) is 9.12. The Morgan fingerprint density at radius 2 is 1.63 bits per heavy atom. The highest BCUT2D eigenvalue weighted by Crippen LogP contribution is 2.30. The van der Waals surface area contributed by atoms with Crippen molar-refractivity contribution in [2.75, 3.05) is 44.6 Å². The van der Waals surface area contributed by atoms with E-state index in [0.29, 0.717) is 25.3 Å². The summed E-state index contributed by atoms with van der Waals surface area (Å²) in [5, 5.41) is 14.9. The van der Waals surface area contributed by atoms with E-state index in [2.05, 4.69) is 14.9 Å². The van der Waals surface area contributed by atoms with Crippen LogP contribution >= 0.6 is 0 Å². The fourth-order valence-electron chi connectivity index (χ4n) is 5.36. The summed E-state index contributed by atoms with van der Waals surface area (Å²) >= 11 is 0. The molecule has 1 aliphatic carbocycles. The van der Waals surface area contributed by atoms with Gasteiger partial charge in [-0.15, -0.1) is 0 Å². The predicted molar refractivity (Wildman–Crippen MR) is 161 cm³/mol. The molecule has 1 amide bonds. The van der Waals surface area contributed by atoms with Gasteiger partial charge in [0, 0.05) is 44.8 Å². The first-order chi connectivity index (χ1) is 19.4. The Morgan fingerprint density at radius 1 is 1.00 bits per heavy atom. The van der Waals surface area contributed by atoms with Crippen LogP contribution in [0, 0.1) is 10.1 Å². The minimum atomic E-state index is -3.82. The van der Waals surface area contributed by atoms with Crippen LogP contribution in [-0.4, -0.2) is 80.1 Å². The molecule has 0 bridgehead atoms. The first-order valence-corrected chi connectivity index (χ1v) is 16.7. The highest BCUT2D eigenvalue weighted by atomic mass is 32.2. The summed E-state index contributed by atoms with van der Waals surface area (Å²) in [7, 11) is -3.82. The number of hydrogen-bond donors (Lipinski definition) is 2. The monoisotopic (exact) mass is 595 g/mol. The van der Waals surface area contributed by atoms with E-state index in [-0.39, 0.29) is 22.7 Å². The molecule has 0 atom stereocenters. The number of piperazine rings is 1. The van der Waals surface area contributed by atoms with Crippen molar-refractivity contribution in [3.63, 3.8) is 0 Å². The van der Waals surface area contributed by atoms with E-state index in [4.69, 9.17) is 4.74 Å². The van der Waals surface area contributed by atoms with Gasteiger partial charge in [0.25, 0.3) is 5.69 Å². The Hall–Kier alpha value is -2.44. The average molecular weight is 596 g/mol. The maximum atomic E-state index is 12.8. The van der Waals surface area contributed by atoms with Gasteiger partial charge in [-0.2, -0.15) is 0 Å². The van der Waals surface area contributed by atoms with Gasteiger partial charge in [0.1, 0.15) is 11.3 Å². The lowest BCUT2D eigenvalue weighted by atomic mass is 9.95. The summed E-state index contributed by atoms with van der Waals surface area (Å²) in [5.41, 5.74) is -0.299. The molecular weight excluding hydrogens is 546 g/mol. The maximum absolute atomic E-state index is 12.8. The molecule has 1 aromatic carbocycles. The molecule has 0 aromatic heterocycles. The van der Waals surface area contributed by atoms with Crippen LogP contribution in [0.15, 0.2) is 23.1 Å². The van der Waals surface area contributed by atoms with Crippen LogP contribution in [0.2, 0.25) is 0 Å². The highest BCUT2D eigenvalue weighted by Gasteiger charge is 2.26. The standard InChI is InChI=1S/C29H49N5O6S/c1-29(2,3)40-28(35)33-21-19-32(20-22-33)18-12-7-5-4-6-11-17-30-41(38,39)25-15-16-26(27(23-25)34(36)37)31-24-13-9-8-10-14-24/h15-16,23-24,30-31H,4-14,17-22H2,1-3H3. The van der Waals surface area contributed by atoms with E-state index in [1.165, 1.54) is 18.6 Å². The second kappa shape index (κ2) is 15.7. The lowest BCUT2D eigenvalue weighted by Crippen LogP contribution is -2.50. The molecule has 0 radical (unpaired) electrons. The van der Waals surface area contributed by atoms with Crippen molar-refractivity contribution < 1.29 is 22.9 Å². The van der Waals surface area contributed by atoms with Gasteiger partial charge in [-0.25, -0.2) is 17.9 Å². The molecular formula is C29H49N5O6S. The minimum Gasteiger partial charge on any atom is -0.444 e. The number of carbonyl (C=O) groups excluding carboxylic acids is 1. The van der Waals surface area contributed by atoms with Crippen LogP contribution in [0.5, 0.6) is 0 Å². The van der Waals surface area contributed by atoms with E-state index in [1.54, 1.807) is 4.90 Å². The number of unbranched alkanes of at least 4 members (excludes halogenated alkanes) is 5. The van der Waals surface area contributed by atoms with Crippen molar-refractivity contribution in [1.29, 1.82) is 0 Å². The SMILES string of the molecule is CC(C)(C)OC(=O)N1CCN(CCCCCCCCNS(=O)(=O)c2ccc(NC3CCCCC3)c([N+](=O)[O-])c2)CC1. The van der Waals surface area contributed by atoms with Crippen LogP contribution in [0.1, 0.15) is 91.4 Å². The zero-order valence-electron chi connectivity index (χ0n) is 25.0. The molecule has 3 rings (SSSR count). The van der Waals surface area contributed by atoms with Crippen molar-refractivity contribution in [2.45, 2.75) is 108 Å². The van der Waals surface area contributed by atoms with Crippen LogP contribution in [0.3, 0.4) is 0 Å². The van der Waals surface area contributed by atoms with Gasteiger partial charge in [0.2, 0.25) is 10.0 Å². The zero-order chi connectivity index (χ0) is 29.9. The van der Waals surface area contributed by atoms with E-state index in [0.717, 1.165) is 89.9 Å². The van der Waals surface area contributed by atoms with Crippen molar-refractivity contribution in [2.24, 2.45) is 0 Å². The first kappa shape index (κ1) is 33.1. The number of hydrogen-bond acceptors (Lipinski definition) is 8. The smallest absolute Gasteiger partial charge is 0.410 e. The molecule has 12 heteroatoms. The molecule has 1 aromatic rings. The molecule has 0 unspecified atom stereocenters. The number of carbonyl (C=O) groups is 1. The Labute approximate surface area is 245 Å². The summed E-state index contributed by atoms with van der Waals surface area (Å²) < 4.78 is 33.6. The quantitative estimate of drug-likeness (QED) is 0.163. The number of rotatable bonds is 14. The zero-order valence-corrected chi connectivity index (χ0v) is 25.8. The van der Waals surface area contributed by atoms with Crippen LogP contribution in [-0.2, 0) is 14.8 Å². The molecule has 232 valence electrons. The fourth-order valence-corrected chi connectivity index (χ4v) is 6.45. The molecule has 2 fully saturated rings. The molecule has 1 heterocycles. The second-order valence-electron chi connectivity index (χ2n) is 12.2. The molecule has 2 N–H and O–H groups in total. The largest absolute Gasteiger partial charge is 0.444 e. The van der Waals surface area contributed by atoms with Gasteiger partial charge >= 0.3 is 6.09 Å². The normalized spacial score (nSPS) is 17.4. The van der Waals surface area contributed by atoms with Crippen LogP contribution in [0.4, 0.5) is 16.2 Å². The van der Waals surface area contributed by atoms with Gasteiger partial charge in [-0.3, -0.25) is 15.0 Å². The number of amides is 1. The lowest BCUT2D eigenvalue weighted by molar-refractivity contribution is -0.384. The molecule has 41 heavy (non-hydrogen) atoms. The molecule has 1 aliphatic heterocycles. The minimum absolute atomic E-state index is 0.0784. The van der Waals surface area contributed by atoms with Crippen molar-refractivity contribution >= 4 is 27.5 Å². The Balaban J connectivity index is 1.28. The van der Waals surface area contributed by atoms with Crippen molar-refractivity contribution in [3.05, 3.63) is 28.3 Å². The number of anilines is 1. The second-order valence-corrected chi connectivity index (χ2v) is 14.0. The number of benzene rings is 1. The van der Waals surface area contributed by atoms with E-state index in [9.17, 15) is 23.3 Å². The predicted octanol–water partition coefficient (Wildman–Crippen LogP) is 5.51. The number of nitro groups is 1. The van der Waals surface area contributed by atoms with Crippen molar-refractivity contribution in [1.82, 2.24) is 14.5 Å². The third-order valence-electron chi connectivity index (χ3n) is 7.66. The fraction of sp³-hybridized carbons (Fsp3) is 0.759. The van der Waals surface area contributed by atoms with Gasteiger partial charge in [0.05, 0.1) is 9.82 Å². The summed E-state index contributed by atoms with van der Waals surface area (Å²) in [6.45, 7) is 10.1. The van der Waals surface area contributed by atoms with Gasteiger partial charge in [0.15, 0.2) is 0 Å². The molecule has 1 saturated carbocycles. The summed E-state index contributed by atoms with van der Waals surface area (Å²) in [4.78, 5) is 27.4. The first-order valence-electron chi connectivity index (χ1n) is 15.2. The van der Waals surface area contributed by atoms with E-state index in [1.807, 2.05) is 20.8 Å². The molecule has 2 aliphatic rings. The van der Waals surface area contributed by atoms with Crippen molar-refractivity contribution in [3.8, 4) is 0 Å². The van der Waals surface area contributed by atoms with Gasteiger partial charge in [-0.05, 0) is 65.1 Å². The third kappa shape index (κ3) is 11.4. The Bertz CT molecular complexity index is 1090. The Morgan fingerprint density at radius 3 is 2.27 bits per heavy atom. The van der Waals surface area contributed by atoms with Crippen LogP contribution in [0.25, 0.3) is 0 Å². The van der Waals surface area contributed by atoms with Crippen LogP contribution < -0.4 is 10.0 Å². The number of nitrogens with zero attached hydrogens (tertiary/aromatic N) is 3. The maximum Gasteiger partial charge on any atom is 0.410 e. The number of nitro benzene ring substituents is 1. The number of ether oxygens (including phenoxy) is 1. The highest BCUT2D eigenvalue weighted by molar-refractivity contribution is 7.89. The molecule has 1 saturated heterocycles. The van der Waals surface area contributed by atoms with Gasteiger partial charge in [-0.1, -0.05) is 44.9 Å². The number of nitrogens with one attached hydrogen (secondary N) is 2. The molecule has 11 nitrogen and oxygen atoms in total. The van der Waals surface area contributed by atoms with Gasteiger partial charge < -0.3 is 15.0 Å². The summed E-state index contributed by atoms with van der Waals surface area (Å²) in [6, 6.07) is 4.30. The summed E-state index contributed by atoms with van der Waals surface area (Å²) in [6.07, 6.45) is 11.0. The topological polar surface area (TPSA) is 134 Å². The lowest BCUT2D eigenvalue weighted by Gasteiger charge is -2.35. The molecule has 0 spiro atoms.